The fourth-order valence-electron chi connectivity index (χ4n) is 1.93. The summed E-state index contributed by atoms with van der Waals surface area (Å²) in [6, 6.07) is 2.34. The lowest BCUT2D eigenvalue weighted by Gasteiger charge is -2.05. The predicted molar refractivity (Wildman–Crippen MR) is 43.7 cm³/mol. The third-order valence-electron chi connectivity index (χ3n) is 2.53. The normalized spacial score (nSPS) is 28.5. The molecule has 2 rings (SSSR count). The van der Waals surface area contributed by atoms with Crippen LogP contribution in [0.5, 0.6) is 0 Å². The predicted octanol–water partition coefficient (Wildman–Crippen LogP) is 2.57. The minimum atomic E-state index is 0.280. The second-order valence-electron chi connectivity index (χ2n) is 3.30. The molecule has 0 heterocycles. The summed E-state index contributed by atoms with van der Waals surface area (Å²) in [6.07, 6.45) is 8.84. The van der Waals surface area contributed by atoms with Crippen molar-refractivity contribution in [1.82, 2.24) is 0 Å². The zero-order chi connectivity index (χ0) is 7.68. The van der Waals surface area contributed by atoms with Crippen molar-refractivity contribution in [3.8, 4) is 6.07 Å². The lowest BCUT2D eigenvalue weighted by atomic mass is 10.0. The number of nitrogens with zero attached hydrogens (tertiary/aromatic N) is 1. The van der Waals surface area contributed by atoms with Crippen LogP contribution in [0.15, 0.2) is 23.3 Å². The monoisotopic (exact) mass is 145 g/mol. The molecule has 1 nitrogen and oxygen atoms in total. The van der Waals surface area contributed by atoms with Crippen LogP contribution in [0.2, 0.25) is 0 Å². The van der Waals surface area contributed by atoms with Crippen LogP contribution in [0.1, 0.15) is 25.7 Å². The molecule has 2 aliphatic carbocycles. The van der Waals surface area contributed by atoms with Gasteiger partial charge >= 0.3 is 0 Å². The molecule has 0 aromatic carbocycles. The van der Waals surface area contributed by atoms with Crippen molar-refractivity contribution < 1.29 is 0 Å². The molecular formula is C10H11N. The first-order valence-corrected chi connectivity index (χ1v) is 4.17. The van der Waals surface area contributed by atoms with Crippen molar-refractivity contribution in [1.29, 1.82) is 5.26 Å². The zero-order valence-electron chi connectivity index (χ0n) is 6.51. The van der Waals surface area contributed by atoms with Crippen molar-refractivity contribution in [2.75, 3.05) is 0 Å². The summed E-state index contributed by atoms with van der Waals surface area (Å²) < 4.78 is 0. The third kappa shape index (κ3) is 1.09. The van der Waals surface area contributed by atoms with Gasteiger partial charge < -0.3 is 0 Å². The Bertz CT molecular complexity index is 265. The largest absolute Gasteiger partial charge is 0.198 e. The van der Waals surface area contributed by atoms with Crippen molar-refractivity contribution in [2.24, 2.45) is 5.92 Å². The first-order chi connectivity index (χ1) is 5.40. The molecule has 11 heavy (non-hydrogen) atoms. The van der Waals surface area contributed by atoms with Gasteiger partial charge in [-0.1, -0.05) is 17.7 Å². The minimum Gasteiger partial charge on any atom is -0.198 e. The van der Waals surface area contributed by atoms with E-state index in [1.54, 1.807) is 5.57 Å². The summed E-state index contributed by atoms with van der Waals surface area (Å²) in [7, 11) is 0. The van der Waals surface area contributed by atoms with Crippen LogP contribution in [-0.4, -0.2) is 0 Å². The molecule has 0 aromatic rings. The van der Waals surface area contributed by atoms with Gasteiger partial charge in [0.15, 0.2) is 0 Å². The van der Waals surface area contributed by atoms with Crippen LogP contribution in [0.4, 0.5) is 0 Å². The van der Waals surface area contributed by atoms with Gasteiger partial charge in [-0.15, -0.1) is 0 Å². The van der Waals surface area contributed by atoms with Crippen LogP contribution in [-0.2, 0) is 0 Å². The molecule has 1 heteroatoms. The Morgan fingerprint density at radius 2 is 2.36 bits per heavy atom. The highest BCUT2D eigenvalue weighted by Gasteiger charge is 2.22. The smallest absolute Gasteiger partial charge is 0.0662 e. The molecule has 0 saturated carbocycles. The standard InChI is InChI=1S/C10H11N/c11-7-8-5-9-3-1-2-4-10(9)6-8/h1,3,8H,2,4-6H2. The fraction of sp³-hybridized carbons (Fsp3) is 0.500. The average Bonchev–Trinajstić information content (AvgIpc) is 2.46. The van der Waals surface area contributed by atoms with Crippen LogP contribution < -0.4 is 0 Å². The average molecular weight is 145 g/mol. The summed E-state index contributed by atoms with van der Waals surface area (Å²) in [4.78, 5) is 0. The van der Waals surface area contributed by atoms with Gasteiger partial charge in [0.05, 0.1) is 12.0 Å². The van der Waals surface area contributed by atoms with E-state index in [0.29, 0.717) is 0 Å². The molecule has 2 aliphatic rings. The Hall–Kier alpha value is -1.03. The molecule has 0 bridgehead atoms. The van der Waals surface area contributed by atoms with Gasteiger partial charge in [-0.3, -0.25) is 0 Å². The fourth-order valence-corrected chi connectivity index (χ4v) is 1.93. The van der Waals surface area contributed by atoms with Crippen molar-refractivity contribution in [3.63, 3.8) is 0 Å². The summed E-state index contributed by atoms with van der Waals surface area (Å²) in [6.45, 7) is 0. The maximum absolute atomic E-state index is 8.71. The molecule has 0 aliphatic heterocycles. The third-order valence-corrected chi connectivity index (χ3v) is 2.53. The van der Waals surface area contributed by atoms with E-state index in [1.165, 1.54) is 18.4 Å². The van der Waals surface area contributed by atoms with E-state index in [9.17, 15) is 0 Å². The maximum Gasteiger partial charge on any atom is 0.0662 e. The van der Waals surface area contributed by atoms with E-state index in [0.717, 1.165) is 12.8 Å². The molecule has 0 spiro atoms. The molecule has 0 fully saturated rings. The topological polar surface area (TPSA) is 23.8 Å². The van der Waals surface area contributed by atoms with Crippen LogP contribution >= 0.6 is 0 Å². The highest BCUT2D eigenvalue weighted by atomic mass is 14.3. The van der Waals surface area contributed by atoms with Crippen molar-refractivity contribution in [2.45, 2.75) is 25.7 Å². The Labute approximate surface area is 67.0 Å². The Kier molecular flexibility index (Phi) is 1.54. The molecular weight excluding hydrogens is 134 g/mol. The maximum atomic E-state index is 8.71. The van der Waals surface area contributed by atoms with Crippen LogP contribution in [0.3, 0.4) is 0 Å². The SMILES string of the molecule is N#CC1CC2=C(CCC=C2)C1. The highest BCUT2D eigenvalue weighted by Crippen LogP contribution is 2.36. The molecule has 0 saturated heterocycles. The molecule has 1 atom stereocenters. The lowest BCUT2D eigenvalue weighted by molar-refractivity contribution is 0.704. The zero-order valence-corrected chi connectivity index (χ0v) is 6.51. The van der Waals surface area contributed by atoms with E-state index in [2.05, 4.69) is 18.2 Å². The quantitative estimate of drug-likeness (QED) is 0.514. The number of hydrogen-bond donors (Lipinski definition) is 0. The van der Waals surface area contributed by atoms with Gasteiger partial charge in [0.25, 0.3) is 0 Å². The van der Waals surface area contributed by atoms with Gasteiger partial charge in [0.2, 0.25) is 0 Å². The Balaban J connectivity index is 2.17. The molecule has 56 valence electrons. The molecule has 0 aromatic heterocycles. The van der Waals surface area contributed by atoms with Crippen molar-refractivity contribution in [3.05, 3.63) is 23.3 Å². The van der Waals surface area contributed by atoms with Crippen LogP contribution in [0, 0.1) is 17.2 Å². The van der Waals surface area contributed by atoms with Gasteiger partial charge in [0.1, 0.15) is 0 Å². The molecule has 0 radical (unpaired) electrons. The summed E-state index contributed by atoms with van der Waals surface area (Å²) in [5.41, 5.74) is 2.99. The summed E-state index contributed by atoms with van der Waals surface area (Å²) >= 11 is 0. The van der Waals surface area contributed by atoms with E-state index in [1.807, 2.05) is 0 Å². The Morgan fingerprint density at radius 3 is 3.09 bits per heavy atom. The molecule has 1 unspecified atom stereocenters. The van der Waals surface area contributed by atoms with Crippen molar-refractivity contribution >= 4 is 0 Å². The van der Waals surface area contributed by atoms with Gasteiger partial charge in [-0.25, -0.2) is 0 Å². The van der Waals surface area contributed by atoms with E-state index < -0.39 is 0 Å². The number of hydrogen-bond acceptors (Lipinski definition) is 1. The highest BCUT2D eigenvalue weighted by molar-refractivity contribution is 5.35. The van der Waals surface area contributed by atoms with Gasteiger partial charge in [-0.05, 0) is 31.3 Å². The number of rotatable bonds is 0. The Morgan fingerprint density at radius 1 is 1.45 bits per heavy atom. The van der Waals surface area contributed by atoms with E-state index in [-0.39, 0.29) is 5.92 Å². The summed E-state index contributed by atoms with van der Waals surface area (Å²) in [5.74, 6) is 0.280. The van der Waals surface area contributed by atoms with Crippen LogP contribution in [0.25, 0.3) is 0 Å². The molecule has 0 amide bonds. The summed E-state index contributed by atoms with van der Waals surface area (Å²) in [5, 5.41) is 8.71. The van der Waals surface area contributed by atoms with E-state index in [4.69, 9.17) is 5.26 Å². The van der Waals surface area contributed by atoms with E-state index >= 15 is 0 Å². The van der Waals surface area contributed by atoms with Gasteiger partial charge in [0, 0.05) is 0 Å². The first-order valence-electron chi connectivity index (χ1n) is 4.17. The second-order valence-corrected chi connectivity index (χ2v) is 3.30. The number of nitriles is 1. The lowest BCUT2D eigenvalue weighted by Crippen LogP contribution is -1.88. The van der Waals surface area contributed by atoms with Gasteiger partial charge in [-0.2, -0.15) is 5.26 Å². The second kappa shape index (κ2) is 2.54. The minimum absolute atomic E-state index is 0.280. The molecule has 0 N–H and O–H groups in total. The first kappa shape index (κ1) is 6.67. The number of allylic oxidation sites excluding steroid dienone is 4.